The van der Waals surface area contributed by atoms with E-state index in [0.29, 0.717) is 18.5 Å². The Morgan fingerprint density at radius 2 is 1.85 bits per heavy atom. The molecule has 3 aromatic rings. The molecule has 0 saturated heterocycles. The van der Waals surface area contributed by atoms with Crippen molar-refractivity contribution in [3.63, 3.8) is 0 Å². The summed E-state index contributed by atoms with van der Waals surface area (Å²) in [5.41, 5.74) is 1.26. The van der Waals surface area contributed by atoms with E-state index < -0.39 is 11.4 Å². The molecule has 0 aliphatic carbocycles. The molecule has 0 aliphatic rings. The molecule has 2 heterocycles. The zero-order chi connectivity index (χ0) is 18.7. The topological polar surface area (TPSA) is 105 Å². The summed E-state index contributed by atoms with van der Waals surface area (Å²) >= 11 is 0. The van der Waals surface area contributed by atoms with Gasteiger partial charge in [0.25, 0.3) is 0 Å². The van der Waals surface area contributed by atoms with E-state index in [4.69, 9.17) is 5.11 Å². The Morgan fingerprint density at radius 1 is 1.12 bits per heavy atom. The summed E-state index contributed by atoms with van der Waals surface area (Å²) in [5, 5.41) is 22.9. The van der Waals surface area contributed by atoms with Crippen molar-refractivity contribution in [3.8, 4) is 0 Å². The number of rotatable bonds is 6. The van der Waals surface area contributed by atoms with Crippen molar-refractivity contribution in [1.82, 2.24) is 14.6 Å². The maximum atomic E-state index is 13.0. The highest BCUT2D eigenvalue weighted by Gasteiger charge is 2.12. The van der Waals surface area contributed by atoms with Crippen molar-refractivity contribution in [1.29, 1.82) is 0 Å². The van der Waals surface area contributed by atoms with Gasteiger partial charge in [0.05, 0.1) is 6.42 Å². The monoisotopic (exact) mass is 357 g/mol. The van der Waals surface area contributed by atoms with Gasteiger partial charge in [0.15, 0.2) is 11.1 Å². The van der Waals surface area contributed by atoms with Crippen LogP contribution in [0.4, 0.5) is 4.39 Å². The number of aryl methyl sites for hydroxylation is 2. The number of benzene rings is 1. The molecule has 3 rings (SSSR count). The largest absolute Gasteiger partial charge is 0.511 e. The molecular weight excluding hydrogens is 341 g/mol. The SMILES string of the molecule is O=C(O)CC/C(O)=c1\c(=O)cc(CCc2ccc(F)cc2)n2ncnc12. The maximum absolute atomic E-state index is 13.0. The van der Waals surface area contributed by atoms with Crippen LogP contribution in [0.5, 0.6) is 0 Å². The van der Waals surface area contributed by atoms with Crippen molar-refractivity contribution in [3.05, 3.63) is 69.2 Å². The van der Waals surface area contributed by atoms with E-state index in [1.807, 2.05) is 0 Å². The Balaban J connectivity index is 1.96. The first kappa shape index (κ1) is 17.5. The minimum absolute atomic E-state index is 0.0331. The number of aliphatic hydroxyl groups is 1. The van der Waals surface area contributed by atoms with Crippen LogP contribution < -0.4 is 10.6 Å². The number of carbonyl (C=O) groups is 1. The second kappa shape index (κ2) is 7.30. The average molecular weight is 357 g/mol. The predicted octanol–water partition coefficient (Wildman–Crippen LogP) is 1.26. The van der Waals surface area contributed by atoms with Gasteiger partial charge in [-0.1, -0.05) is 12.1 Å². The molecule has 0 aliphatic heterocycles. The average Bonchev–Trinajstić information content (AvgIpc) is 3.08. The first-order valence-corrected chi connectivity index (χ1v) is 7.99. The Morgan fingerprint density at radius 3 is 2.54 bits per heavy atom. The summed E-state index contributed by atoms with van der Waals surface area (Å²) in [4.78, 5) is 27.1. The molecule has 0 saturated carbocycles. The summed E-state index contributed by atoms with van der Waals surface area (Å²) in [6.45, 7) is 0. The number of hydrogen-bond acceptors (Lipinski definition) is 5. The zero-order valence-electron chi connectivity index (χ0n) is 13.7. The lowest BCUT2D eigenvalue weighted by Gasteiger charge is -2.06. The fourth-order valence-corrected chi connectivity index (χ4v) is 2.74. The number of fused-ring (bicyclic) bond motifs is 1. The first-order chi connectivity index (χ1) is 12.5. The summed E-state index contributed by atoms with van der Waals surface area (Å²) in [5.74, 6) is -1.70. The van der Waals surface area contributed by atoms with Crippen molar-refractivity contribution in [2.45, 2.75) is 25.7 Å². The molecule has 0 amide bonds. The third kappa shape index (κ3) is 3.69. The summed E-state index contributed by atoms with van der Waals surface area (Å²) in [6, 6.07) is 7.45. The van der Waals surface area contributed by atoms with Gasteiger partial charge in [-0.15, -0.1) is 0 Å². The van der Waals surface area contributed by atoms with Crippen molar-refractivity contribution in [2.75, 3.05) is 0 Å². The summed E-state index contributed by atoms with van der Waals surface area (Å²) in [6.07, 6.45) is 1.85. The fourth-order valence-electron chi connectivity index (χ4n) is 2.74. The molecule has 2 aromatic heterocycles. The number of pyridine rings is 1. The number of carboxylic acid groups (broad SMARTS) is 1. The number of aromatic nitrogens is 3. The van der Waals surface area contributed by atoms with Crippen LogP contribution in [0.3, 0.4) is 0 Å². The van der Waals surface area contributed by atoms with E-state index in [1.54, 1.807) is 12.1 Å². The lowest BCUT2D eigenvalue weighted by molar-refractivity contribution is -0.136. The number of aliphatic carboxylic acids is 1. The van der Waals surface area contributed by atoms with Gasteiger partial charge in [0.1, 0.15) is 23.1 Å². The van der Waals surface area contributed by atoms with Gasteiger partial charge in [-0.3, -0.25) is 9.59 Å². The number of nitrogens with zero attached hydrogens (tertiary/aromatic N) is 3. The molecule has 8 heteroatoms. The second-order valence-corrected chi connectivity index (χ2v) is 5.84. The highest BCUT2D eigenvalue weighted by atomic mass is 19.1. The third-order valence-corrected chi connectivity index (χ3v) is 4.03. The molecule has 1 aromatic carbocycles. The molecule has 0 spiro atoms. The Kier molecular flexibility index (Phi) is 4.92. The third-order valence-electron chi connectivity index (χ3n) is 4.03. The maximum Gasteiger partial charge on any atom is 0.303 e. The molecular formula is C18H16FN3O4. The van der Waals surface area contributed by atoms with Crippen molar-refractivity contribution < 1.29 is 19.4 Å². The van der Waals surface area contributed by atoms with Crippen LogP contribution in [-0.4, -0.2) is 30.8 Å². The highest BCUT2D eigenvalue weighted by molar-refractivity contribution is 5.68. The van der Waals surface area contributed by atoms with Gasteiger partial charge in [-0.25, -0.2) is 13.9 Å². The molecule has 0 unspecified atom stereocenters. The lowest BCUT2D eigenvalue weighted by atomic mass is 10.1. The number of carboxylic acids is 1. The standard InChI is InChI=1S/C18H16FN3O4/c19-12-4-1-11(2-5-12)3-6-13-9-15(24)17(14(23)7-8-16(25)26)18-20-10-21-22(13)18/h1-2,4-5,9-10,23H,3,6-8H2,(H,25,26)/b17-14-. The van der Waals surface area contributed by atoms with E-state index in [9.17, 15) is 19.1 Å². The molecule has 0 atom stereocenters. The second-order valence-electron chi connectivity index (χ2n) is 5.84. The van der Waals surface area contributed by atoms with Crippen LogP contribution in [0.15, 0.2) is 41.5 Å². The van der Waals surface area contributed by atoms with E-state index in [1.165, 1.54) is 29.0 Å². The van der Waals surface area contributed by atoms with E-state index in [2.05, 4.69) is 10.1 Å². The van der Waals surface area contributed by atoms with Gasteiger partial charge in [-0.2, -0.15) is 5.10 Å². The Labute approximate surface area is 147 Å². The predicted molar refractivity (Wildman–Crippen MR) is 91.2 cm³/mol. The summed E-state index contributed by atoms with van der Waals surface area (Å²) in [7, 11) is 0. The Bertz CT molecular complexity index is 1060. The van der Waals surface area contributed by atoms with Gasteiger partial charge >= 0.3 is 5.97 Å². The first-order valence-electron chi connectivity index (χ1n) is 7.99. The van der Waals surface area contributed by atoms with Crippen LogP contribution in [0.2, 0.25) is 0 Å². The lowest BCUT2D eigenvalue weighted by Crippen LogP contribution is -2.31. The number of aliphatic hydroxyl groups excluding tert-OH is 1. The quantitative estimate of drug-likeness (QED) is 0.688. The van der Waals surface area contributed by atoms with Crippen molar-refractivity contribution >= 4 is 17.4 Å². The molecule has 134 valence electrons. The number of hydrogen-bond donors (Lipinski definition) is 2. The normalized spacial score (nSPS) is 12.3. The Hall–Kier alpha value is -3.29. The molecule has 0 radical (unpaired) electrons. The van der Waals surface area contributed by atoms with Gasteiger partial charge in [0.2, 0.25) is 0 Å². The molecule has 2 N–H and O–H groups in total. The van der Waals surface area contributed by atoms with Gasteiger partial charge < -0.3 is 10.2 Å². The highest BCUT2D eigenvalue weighted by Crippen LogP contribution is 2.08. The molecule has 0 bridgehead atoms. The van der Waals surface area contributed by atoms with Gasteiger partial charge in [-0.05, 0) is 30.5 Å². The summed E-state index contributed by atoms with van der Waals surface area (Å²) < 4.78 is 14.4. The van der Waals surface area contributed by atoms with E-state index in [0.717, 1.165) is 5.56 Å². The fraction of sp³-hybridized carbons (Fsp3) is 0.222. The van der Waals surface area contributed by atoms with E-state index >= 15 is 0 Å². The van der Waals surface area contributed by atoms with E-state index in [-0.39, 0.29) is 35.3 Å². The van der Waals surface area contributed by atoms with Crippen LogP contribution >= 0.6 is 0 Å². The number of halogens is 1. The van der Waals surface area contributed by atoms with Crippen LogP contribution in [0, 0.1) is 5.82 Å². The van der Waals surface area contributed by atoms with Crippen LogP contribution in [-0.2, 0) is 17.6 Å². The molecule has 26 heavy (non-hydrogen) atoms. The zero-order valence-corrected chi connectivity index (χ0v) is 13.7. The van der Waals surface area contributed by atoms with Crippen LogP contribution in [0.1, 0.15) is 24.1 Å². The minimum atomic E-state index is -1.07. The molecule has 0 fully saturated rings. The molecule has 7 nitrogen and oxygen atoms in total. The smallest absolute Gasteiger partial charge is 0.303 e. The van der Waals surface area contributed by atoms with Crippen LogP contribution in [0.25, 0.3) is 11.4 Å². The van der Waals surface area contributed by atoms with Crippen molar-refractivity contribution in [2.24, 2.45) is 0 Å². The van der Waals surface area contributed by atoms with Gasteiger partial charge in [0, 0.05) is 18.2 Å². The minimum Gasteiger partial charge on any atom is -0.511 e.